The van der Waals surface area contributed by atoms with Crippen LogP contribution in [0.15, 0.2) is 41.8 Å². The van der Waals surface area contributed by atoms with Crippen molar-refractivity contribution in [3.05, 3.63) is 51.7 Å². The maximum absolute atomic E-state index is 12.4. The molecule has 0 aliphatic carbocycles. The fourth-order valence-corrected chi connectivity index (χ4v) is 3.56. The van der Waals surface area contributed by atoms with E-state index in [9.17, 15) is 4.79 Å². The molecule has 0 radical (unpaired) electrons. The molecule has 1 fully saturated rings. The van der Waals surface area contributed by atoms with Crippen molar-refractivity contribution < 1.29 is 4.79 Å². The molecule has 1 aromatic carbocycles. The molecule has 1 aromatic heterocycles. The molecule has 3 rings (SSSR count). The predicted octanol–water partition coefficient (Wildman–Crippen LogP) is 4.14. The van der Waals surface area contributed by atoms with Crippen LogP contribution in [-0.2, 0) is 6.54 Å². The smallest absolute Gasteiger partial charge is 0.321 e. The topological polar surface area (TPSA) is 35.6 Å². The summed E-state index contributed by atoms with van der Waals surface area (Å²) in [6.45, 7) is 4.46. The zero-order chi connectivity index (χ0) is 16.1. The van der Waals surface area contributed by atoms with Crippen LogP contribution in [0.4, 0.5) is 10.5 Å². The molecule has 2 aromatic rings. The molecule has 1 aliphatic rings. The molecule has 0 atom stereocenters. The van der Waals surface area contributed by atoms with Crippen molar-refractivity contribution in [2.24, 2.45) is 0 Å². The van der Waals surface area contributed by atoms with Crippen LogP contribution in [0, 0.1) is 0 Å². The molecule has 0 unspecified atom stereocenters. The summed E-state index contributed by atoms with van der Waals surface area (Å²) in [4.78, 5) is 18.1. The second-order valence-corrected chi connectivity index (χ2v) is 7.10. The summed E-state index contributed by atoms with van der Waals surface area (Å²) in [7, 11) is 0. The molecule has 6 heteroatoms. The molecular formula is C17H20ClN3OS. The molecule has 23 heavy (non-hydrogen) atoms. The van der Waals surface area contributed by atoms with Crippen molar-refractivity contribution in [1.29, 1.82) is 0 Å². The van der Waals surface area contributed by atoms with Crippen molar-refractivity contribution in [1.82, 2.24) is 9.80 Å². The molecule has 4 nitrogen and oxygen atoms in total. The van der Waals surface area contributed by atoms with Crippen molar-refractivity contribution in [3.63, 3.8) is 0 Å². The number of hydrogen-bond donors (Lipinski definition) is 1. The number of nitrogens with one attached hydrogen (secondary N) is 1. The third kappa shape index (κ3) is 4.70. The van der Waals surface area contributed by atoms with E-state index in [1.165, 1.54) is 4.88 Å². The van der Waals surface area contributed by atoms with E-state index in [1.54, 1.807) is 23.5 Å². The Morgan fingerprint density at radius 2 is 1.96 bits per heavy atom. The second-order valence-electron chi connectivity index (χ2n) is 5.63. The summed E-state index contributed by atoms with van der Waals surface area (Å²) in [5.41, 5.74) is 0.777. The highest BCUT2D eigenvalue weighted by molar-refractivity contribution is 7.09. The van der Waals surface area contributed by atoms with Crippen LogP contribution in [0.25, 0.3) is 0 Å². The van der Waals surface area contributed by atoms with Crippen molar-refractivity contribution in [3.8, 4) is 0 Å². The van der Waals surface area contributed by atoms with Crippen molar-refractivity contribution in [2.75, 3.05) is 31.5 Å². The van der Waals surface area contributed by atoms with Gasteiger partial charge in [0, 0.05) is 48.3 Å². The lowest BCUT2D eigenvalue weighted by Crippen LogP contribution is -2.37. The highest BCUT2D eigenvalue weighted by atomic mass is 35.5. The highest BCUT2D eigenvalue weighted by Gasteiger charge is 2.19. The van der Waals surface area contributed by atoms with Crippen LogP contribution in [-0.4, -0.2) is 42.0 Å². The lowest BCUT2D eigenvalue weighted by Gasteiger charge is -2.22. The molecular weight excluding hydrogens is 330 g/mol. The normalized spacial score (nSPS) is 16.1. The summed E-state index contributed by atoms with van der Waals surface area (Å²) in [5, 5.41) is 5.72. The van der Waals surface area contributed by atoms with Crippen LogP contribution >= 0.6 is 22.9 Å². The van der Waals surface area contributed by atoms with Crippen molar-refractivity contribution >= 4 is 34.7 Å². The Hall–Kier alpha value is -1.56. The SMILES string of the molecule is O=C(Nc1ccc(Cl)cc1)N1CCCN(Cc2cccs2)CC1. The number of hydrogen-bond acceptors (Lipinski definition) is 3. The van der Waals surface area contributed by atoms with E-state index in [-0.39, 0.29) is 6.03 Å². The van der Waals surface area contributed by atoms with Gasteiger partial charge in [-0.2, -0.15) is 0 Å². The number of nitrogens with zero attached hydrogens (tertiary/aromatic N) is 2. The number of benzene rings is 1. The van der Waals surface area contributed by atoms with E-state index in [4.69, 9.17) is 11.6 Å². The van der Waals surface area contributed by atoms with Gasteiger partial charge in [-0.25, -0.2) is 4.79 Å². The first-order valence-corrected chi connectivity index (χ1v) is 9.03. The second kappa shape index (κ2) is 7.81. The number of thiophene rings is 1. The minimum absolute atomic E-state index is 0.0368. The van der Waals surface area contributed by atoms with Gasteiger partial charge in [-0.05, 0) is 42.1 Å². The van der Waals surface area contributed by atoms with E-state index >= 15 is 0 Å². The van der Waals surface area contributed by atoms with Crippen LogP contribution in [0.5, 0.6) is 0 Å². The molecule has 0 spiro atoms. The Morgan fingerprint density at radius 1 is 1.13 bits per heavy atom. The standard InChI is InChI=1S/C17H20ClN3OS/c18-14-4-6-15(7-5-14)19-17(22)21-9-2-8-20(10-11-21)13-16-3-1-12-23-16/h1,3-7,12H,2,8-11,13H2,(H,19,22). The Morgan fingerprint density at radius 3 is 2.70 bits per heavy atom. The van der Waals surface area contributed by atoms with E-state index in [0.717, 1.165) is 44.8 Å². The maximum Gasteiger partial charge on any atom is 0.321 e. The summed E-state index contributed by atoms with van der Waals surface area (Å²) in [5.74, 6) is 0. The minimum Gasteiger partial charge on any atom is -0.323 e. The summed E-state index contributed by atoms with van der Waals surface area (Å²) in [6.07, 6.45) is 0.999. The number of rotatable bonds is 3. The number of halogens is 1. The fourth-order valence-electron chi connectivity index (χ4n) is 2.69. The van der Waals surface area contributed by atoms with Gasteiger partial charge in [-0.3, -0.25) is 4.90 Å². The largest absolute Gasteiger partial charge is 0.323 e. The summed E-state index contributed by atoms with van der Waals surface area (Å²) >= 11 is 7.65. The Labute approximate surface area is 145 Å². The number of carbonyl (C=O) groups excluding carboxylic acids is 1. The zero-order valence-corrected chi connectivity index (χ0v) is 14.4. The number of anilines is 1. The average Bonchev–Trinajstić information content (AvgIpc) is 2.94. The molecule has 2 heterocycles. The van der Waals surface area contributed by atoms with Gasteiger partial charge in [0.1, 0.15) is 0 Å². The van der Waals surface area contributed by atoms with Gasteiger partial charge >= 0.3 is 6.03 Å². The van der Waals surface area contributed by atoms with Gasteiger partial charge in [0.15, 0.2) is 0 Å². The van der Waals surface area contributed by atoms with Gasteiger partial charge in [-0.1, -0.05) is 17.7 Å². The zero-order valence-electron chi connectivity index (χ0n) is 12.9. The van der Waals surface area contributed by atoms with E-state index < -0.39 is 0 Å². The lowest BCUT2D eigenvalue weighted by atomic mass is 10.3. The number of amides is 2. The van der Waals surface area contributed by atoms with Crippen LogP contribution < -0.4 is 5.32 Å². The van der Waals surface area contributed by atoms with Gasteiger partial charge in [0.05, 0.1) is 0 Å². The minimum atomic E-state index is -0.0368. The third-order valence-corrected chi connectivity index (χ3v) is 5.04. The Kier molecular flexibility index (Phi) is 5.54. The molecule has 2 amide bonds. The molecule has 1 N–H and O–H groups in total. The van der Waals surface area contributed by atoms with Crippen LogP contribution in [0.3, 0.4) is 0 Å². The van der Waals surface area contributed by atoms with E-state index in [2.05, 4.69) is 27.7 Å². The number of urea groups is 1. The molecule has 0 bridgehead atoms. The van der Waals surface area contributed by atoms with E-state index in [0.29, 0.717) is 5.02 Å². The lowest BCUT2D eigenvalue weighted by molar-refractivity contribution is 0.211. The van der Waals surface area contributed by atoms with Crippen LogP contribution in [0.2, 0.25) is 5.02 Å². The van der Waals surface area contributed by atoms with E-state index in [1.807, 2.05) is 17.0 Å². The monoisotopic (exact) mass is 349 g/mol. The van der Waals surface area contributed by atoms with Crippen molar-refractivity contribution in [2.45, 2.75) is 13.0 Å². The maximum atomic E-state index is 12.4. The molecule has 1 saturated heterocycles. The van der Waals surface area contributed by atoms with Gasteiger partial charge < -0.3 is 10.2 Å². The Bertz CT molecular complexity index is 630. The first-order valence-electron chi connectivity index (χ1n) is 7.77. The first-order chi connectivity index (χ1) is 11.2. The molecule has 122 valence electrons. The summed E-state index contributed by atoms with van der Waals surface area (Å²) < 4.78 is 0. The van der Waals surface area contributed by atoms with Gasteiger partial charge in [0.2, 0.25) is 0 Å². The number of carbonyl (C=O) groups is 1. The summed E-state index contributed by atoms with van der Waals surface area (Å²) in [6, 6.07) is 11.4. The fraction of sp³-hybridized carbons (Fsp3) is 0.353. The van der Waals surface area contributed by atoms with Gasteiger partial charge in [-0.15, -0.1) is 11.3 Å². The van der Waals surface area contributed by atoms with Crippen LogP contribution in [0.1, 0.15) is 11.3 Å². The first kappa shape index (κ1) is 16.3. The average molecular weight is 350 g/mol. The Balaban J connectivity index is 1.52. The molecule has 0 saturated carbocycles. The highest BCUT2D eigenvalue weighted by Crippen LogP contribution is 2.16. The van der Waals surface area contributed by atoms with Gasteiger partial charge in [0.25, 0.3) is 0 Å². The third-order valence-electron chi connectivity index (χ3n) is 3.93. The molecule has 1 aliphatic heterocycles. The predicted molar refractivity (Wildman–Crippen MR) is 96.3 cm³/mol. The quantitative estimate of drug-likeness (QED) is 0.903.